The van der Waals surface area contributed by atoms with Crippen molar-refractivity contribution in [1.82, 2.24) is 10.3 Å². The minimum Gasteiger partial charge on any atom is -0.497 e. The normalized spacial score (nSPS) is 11.4. The van der Waals surface area contributed by atoms with Crippen LogP contribution in [0.3, 0.4) is 0 Å². The standard InChI is InChI=1S/C27H28N4O2/c1-3-19-8-6-10-22(16-19)30-27(31-26(32)20-9-7-11-23(17-20)33-2)28-15-14-21-18-29-25-13-5-4-12-24(21)25/h4-13,16-18,29H,3,14-15H2,1-2H3,(H2,28,30,31,32). The number of aliphatic imine (C=N–C) groups is 1. The number of aromatic nitrogens is 1. The molecule has 1 heterocycles. The Morgan fingerprint density at radius 3 is 2.73 bits per heavy atom. The van der Waals surface area contributed by atoms with Gasteiger partial charge in [0.1, 0.15) is 5.75 Å². The molecule has 0 bridgehead atoms. The number of rotatable bonds is 7. The van der Waals surface area contributed by atoms with Crippen molar-refractivity contribution in [1.29, 1.82) is 0 Å². The summed E-state index contributed by atoms with van der Waals surface area (Å²) in [6.07, 6.45) is 3.70. The van der Waals surface area contributed by atoms with Gasteiger partial charge in [0.2, 0.25) is 5.96 Å². The van der Waals surface area contributed by atoms with Crippen molar-refractivity contribution < 1.29 is 9.53 Å². The smallest absolute Gasteiger partial charge is 0.258 e. The molecule has 168 valence electrons. The average Bonchev–Trinajstić information content (AvgIpc) is 3.27. The van der Waals surface area contributed by atoms with E-state index in [2.05, 4.69) is 46.8 Å². The van der Waals surface area contributed by atoms with Crippen LogP contribution in [0, 0.1) is 0 Å². The Morgan fingerprint density at radius 2 is 1.88 bits per heavy atom. The molecule has 3 aromatic carbocycles. The molecule has 0 aliphatic rings. The molecule has 0 radical (unpaired) electrons. The molecule has 0 saturated carbocycles. The number of para-hydroxylation sites is 1. The molecular formula is C27H28N4O2. The molecule has 3 N–H and O–H groups in total. The molecule has 4 rings (SSSR count). The highest BCUT2D eigenvalue weighted by Gasteiger charge is 2.11. The number of hydrogen-bond donors (Lipinski definition) is 3. The third kappa shape index (κ3) is 5.60. The van der Waals surface area contributed by atoms with E-state index in [0.717, 1.165) is 24.0 Å². The van der Waals surface area contributed by atoms with Gasteiger partial charge in [-0.05, 0) is 60.4 Å². The molecule has 6 heteroatoms. The lowest BCUT2D eigenvalue weighted by Gasteiger charge is -2.13. The summed E-state index contributed by atoms with van der Waals surface area (Å²) in [6, 6.07) is 23.4. The highest BCUT2D eigenvalue weighted by molar-refractivity contribution is 6.10. The Kier molecular flexibility index (Phi) is 7.05. The maximum absolute atomic E-state index is 12.9. The van der Waals surface area contributed by atoms with Crippen LogP contribution < -0.4 is 15.4 Å². The van der Waals surface area contributed by atoms with Crippen molar-refractivity contribution >= 4 is 28.5 Å². The van der Waals surface area contributed by atoms with E-state index in [0.29, 0.717) is 23.8 Å². The summed E-state index contributed by atoms with van der Waals surface area (Å²) in [6.45, 7) is 2.63. The number of anilines is 1. The highest BCUT2D eigenvalue weighted by Crippen LogP contribution is 2.18. The van der Waals surface area contributed by atoms with Crippen molar-refractivity contribution in [2.45, 2.75) is 19.8 Å². The molecule has 6 nitrogen and oxygen atoms in total. The van der Waals surface area contributed by atoms with Gasteiger partial charge >= 0.3 is 0 Å². The molecule has 33 heavy (non-hydrogen) atoms. The molecule has 0 fully saturated rings. The van der Waals surface area contributed by atoms with Crippen molar-refractivity contribution in [3.8, 4) is 5.75 Å². The summed E-state index contributed by atoms with van der Waals surface area (Å²) in [5, 5.41) is 7.40. The van der Waals surface area contributed by atoms with Crippen LogP contribution in [0.15, 0.2) is 84.0 Å². The van der Waals surface area contributed by atoms with E-state index in [1.165, 1.54) is 16.5 Å². The van der Waals surface area contributed by atoms with Crippen LogP contribution in [0.25, 0.3) is 10.9 Å². The van der Waals surface area contributed by atoms with Crippen molar-refractivity contribution in [2.24, 2.45) is 4.99 Å². The van der Waals surface area contributed by atoms with Gasteiger partial charge < -0.3 is 15.0 Å². The first-order valence-corrected chi connectivity index (χ1v) is 11.1. The zero-order valence-corrected chi connectivity index (χ0v) is 18.9. The molecule has 0 spiro atoms. The number of methoxy groups -OCH3 is 1. The van der Waals surface area contributed by atoms with Crippen LogP contribution in [-0.4, -0.2) is 30.5 Å². The average molecular weight is 441 g/mol. The minimum absolute atomic E-state index is 0.251. The molecule has 4 aromatic rings. The molecule has 0 saturated heterocycles. The number of aromatic amines is 1. The van der Waals surface area contributed by atoms with Gasteiger partial charge in [0.15, 0.2) is 0 Å². The number of nitrogens with zero attached hydrogens (tertiary/aromatic N) is 1. The second-order valence-corrected chi connectivity index (χ2v) is 7.70. The number of nitrogens with one attached hydrogen (secondary N) is 3. The Hall–Kier alpha value is -4.06. The topological polar surface area (TPSA) is 78.5 Å². The van der Waals surface area contributed by atoms with Gasteiger partial charge in [-0.3, -0.25) is 15.1 Å². The zero-order valence-electron chi connectivity index (χ0n) is 18.9. The first-order valence-electron chi connectivity index (χ1n) is 11.1. The predicted molar refractivity (Wildman–Crippen MR) is 134 cm³/mol. The van der Waals surface area contributed by atoms with E-state index in [1.807, 2.05) is 36.5 Å². The van der Waals surface area contributed by atoms with E-state index < -0.39 is 0 Å². The molecule has 0 aliphatic heterocycles. The maximum Gasteiger partial charge on any atom is 0.258 e. The van der Waals surface area contributed by atoms with Gasteiger partial charge in [-0.2, -0.15) is 0 Å². The fourth-order valence-corrected chi connectivity index (χ4v) is 3.69. The third-order valence-corrected chi connectivity index (χ3v) is 5.49. The van der Waals surface area contributed by atoms with Crippen LogP contribution in [0.2, 0.25) is 0 Å². The lowest BCUT2D eigenvalue weighted by atomic mass is 10.1. The van der Waals surface area contributed by atoms with Crippen LogP contribution >= 0.6 is 0 Å². The van der Waals surface area contributed by atoms with Gasteiger partial charge in [-0.25, -0.2) is 0 Å². The summed E-state index contributed by atoms with van der Waals surface area (Å²) in [7, 11) is 1.58. The lowest BCUT2D eigenvalue weighted by Crippen LogP contribution is -2.36. The number of aryl methyl sites for hydroxylation is 1. The molecule has 0 unspecified atom stereocenters. The van der Waals surface area contributed by atoms with Gasteiger partial charge in [-0.1, -0.05) is 43.3 Å². The van der Waals surface area contributed by atoms with E-state index >= 15 is 0 Å². The first kappa shape index (κ1) is 22.1. The number of hydrogen-bond acceptors (Lipinski definition) is 3. The summed E-state index contributed by atoms with van der Waals surface area (Å²) >= 11 is 0. The number of fused-ring (bicyclic) bond motifs is 1. The Balaban J connectivity index is 1.53. The van der Waals surface area contributed by atoms with Crippen LogP contribution in [0.5, 0.6) is 5.75 Å². The molecule has 1 amide bonds. The number of guanidine groups is 1. The van der Waals surface area contributed by atoms with Crippen molar-refractivity contribution in [3.05, 3.63) is 95.7 Å². The predicted octanol–water partition coefficient (Wildman–Crippen LogP) is 5.18. The molecule has 0 atom stereocenters. The summed E-state index contributed by atoms with van der Waals surface area (Å²) in [4.78, 5) is 20.9. The van der Waals surface area contributed by atoms with Gasteiger partial charge in [0.05, 0.1) is 7.11 Å². The quantitative estimate of drug-likeness (QED) is 0.274. The van der Waals surface area contributed by atoms with Crippen LogP contribution in [0.1, 0.15) is 28.4 Å². The number of carbonyl (C=O) groups excluding carboxylic acids is 1. The monoisotopic (exact) mass is 440 g/mol. The highest BCUT2D eigenvalue weighted by atomic mass is 16.5. The largest absolute Gasteiger partial charge is 0.497 e. The van der Waals surface area contributed by atoms with Gasteiger partial charge in [0.25, 0.3) is 5.91 Å². The lowest BCUT2D eigenvalue weighted by molar-refractivity contribution is 0.0976. The zero-order chi connectivity index (χ0) is 23.0. The first-order chi connectivity index (χ1) is 16.2. The molecule has 0 aliphatic carbocycles. The second kappa shape index (κ2) is 10.5. The Morgan fingerprint density at radius 1 is 1.03 bits per heavy atom. The molecular weight excluding hydrogens is 412 g/mol. The van der Waals surface area contributed by atoms with Gasteiger partial charge in [-0.15, -0.1) is 0 Å². The summed E-state index contributed by atoms with van der Waals surface area (Å²) < 4.78 is 5.24. The maximum atomic E-state index is 12.9. The van der Waals surface area contributed by atoms with E-state index in [-0.39, 0.29) is 5.91 Å². The van der Waals surface area contributed by atoms with E-state index in [1.54, 1.807) is 25.3 Å². The summed E-state index contributed by atoms with van der Waals surface area (Å²) in [5.41, 5.74) is 4.89. The van der Waals surface area contributed by atoms with E-state index in [4.69, 9.17) is 9.73 Å². The number of ether oxygens (including phenoxy) is 1. The van der Waals surface area contributed by atoms with Crippen LogP contribution in [-0.2, 0) is 12.8 Å². The second-order valence-electron chi connectivity index (χ2n) is 7.70. The Labute approximate surface area is 193 Å². The van der Waals surface area contributed by atoms with Crippen molar-refractivity contribution in [3.63, 3.8) is 0 Å². The minimum atomic E-state index is -0.251. The fraction of sp³-hybridized carbons (Fsp3) is 0.185. The van der Waals surface area contributed by atoms with E-state index in [9.17, 15) is 4.79 Å². The number of amides is 1. The number of H-pyrrole nitrogens is 1. The Bertz CT molecular complexity index is 1280. The SMILES string of the molecule is CCc1cccc(NC(=NCCc2c[nH]c3ccccc23)NC(=O)c2cccc(OC)c2)c1. The van der Waals surface area contributed by atoms with Crippen molar-refractivity contribution in [2.75, 3.05) is 19.0 Å². The molecule has 1 aromatic heterocycles. The fourth-order valence-electron chi connectivity index (χ4n) is 3.69. The van der Waals surface area contributed by atoms with Gasteiger partial charge in [0, 0.05) is 34.9 Å². The summed E-state index contributed by atoms with van der Waals surface area (Å²) in [5.74, 6) is 0.791. The van der Waals surface area contributed by atoms with Crippen LogP contribution in [0.4, 0.5) is 5.69 Å². The number of benzene rings is 3. The third-order valence-electron chi connectivity index (χ3n) is 5.49. The number of carbonyl (C=O) groups is 1.